The van der Waals surface area contributed by atoms with Gasteiger partial charge in [-0.15, -0.1) is 0 Å². The Morgan fingerprint density at radius 1 is 1.38 bits per heavy atom. The first-order chi connectivity index (χ1) is 7.63. The molecule has 0 fully saturated rings. The van der Waals surface area contributed by atoms with E-state index < -0.39 is 0 Å². The zero-order chi connectivity index (χ0) is 12.0. The fourth-order valence-corrected chi connectivity index (χ4v) is 2.61. The Balaban J connectivity index is 2.52. The average Bonchev–Trinajstić information content (AvgIpc) is 2.22. The third-order valence-electron chi connectivity index (χ3n) is 1.97. The van der Waals surface area contributed by atoms with Crippen LogP contribution in [0.5, 0.6) is 0 Å². The van der Waals surface area contributed by atoms with Crippen molar-refractivity contribution in [2.75, 3.05) is 11.0 Å². The highest BCUT2D eigenvalue weighted by Gasteiger charge is 2.06. The van der Waals surface area contributed by atoms with E-state index in [1.807, 2.05) is 0 Å². The van der Waals surface area contributed by atoms with Gasteiger partial charge >= 0.3 is 0 Å². The summed E-state index contributed by atoms with van der Waals surface area (Å²) in [7, 11) is 0. The first-order valence-corrected chi connectivity index (χ1v) is 7.63. The highest BCUT2D eigenvalue weighted by molar-refractivity contribution is 14.1. The highest BCUT2D eigenvalue weighted by atomic mass is 127. The number of alkyl halides is 1. The predicted molar refractivity (Wildman–Crippen MR) is 79.6 cm³/mol. The van der Waals surface area contributed by atoms with E-state index >= 15 is 0 Å². The Hall–Kier alpha value is 0.190. The van der Waals surface area contributed by atoms with Crippen LogP contribution in [0.3, 0.4) is 0 Å². The molecule has 1 aromatic rings. The van der Waals surface area contributed by atoms with Gasteiger partial charge in [0.15, 0.2) is 0 Å². The van der Waals surface area contributed by atoms with Gasteiger partial charge in [0.05, 0.1) is 0 Å². The molecule has 0 spiro atoms. The molecule has 0 aliphatic rings. The van der Waals surface area contributed by atoms with Crippen molar-refractivity contribution in [1.82, 2.24) is 5.32 Å². The van der Waals surface area contributed by atoms with Crippen molar-refractivity contribution >= 4 is 56.0 Å². The smallest absolute Gasteiger partial charge is 0.251 e. The third-order valence-corrected chi connectivity index (χ3v) is 3.41. The predicted octanol–water partition coefficient (Wildman–Crippen LogP) is 4.05. The van der Waals surface area contributed by atoms with Gasteiger partial charge < -0.3 is 5.32 Å². The van der Waals surface area contributed by atoms with Crippen molar-refractivity contribution in [3.63, 3.8) is 0 Å². The average molecular weight is 416 g/mol. The molecule has 0 aromatic heterocycles. The van der Waals surface area contributed by atoms with Crippen LogP contribution in [0.1, 0.15) is 23.2 Å². The van der Waals surface area contributed by atoms with Gasteiger partial charge in [-0.2, -0.15) is 0 Å². The SMILES string of the molecule is O=C(NCCCCI)c1cc(Cl)cc(Br)c1. The van der Waals surface area contributed by atoms with E-state index in [0.717, 1.165) is 21.7 Å². The molecule has 0 heterocycles. The molecule has 0 atom stereocenters. The van der Waals surface area contributed by atoms with Crippen molar-refractivity contribution < 1.29 is 4.79 Å². The molecule has 1 aromatic carbocycles. The summed E-state index contributed by atoms with van der Waals surface area (Å²) in [5.41, 5.74) is 0.592. The van der Waals surface area contributed by atoms with Crippen molar-refractivity contribution in [1.29, 1.82) is 0 Å². The van der Waals surface area contributed by atoms with E-state index in [1.165, 1.54) is 0 Å². The largest absolute Gasteiger partial charge is 0.352 e. The van der Waals surface area contributed by atoms with Crippen LogP contribution in [0.25, 0.3) is 0 Å². The van der Waals surface area contributed by atoms with Gasteiger partial charge in [0.1, 0.15) is 0 Å². The Morgan fingerprint density at radius 2 is 2.12 bits per heavy atom. The second-order valence-corrected chi connectivity index (χ2v) is 5.74. The van der Waals surface area contributed by atoms with Crippen LogP contribution in [0, 0.1) is 0 Å². The van der Waals surface area contributed by atoms with Crippen LogP contribution in [0.2, 0.25) is 5.02 Å². The third kappa shape index (κ3) is 5.01. The van der Waals surface area contributed by atoms with Gasteiger partial charge in [-0.1, -0.05) is 50.1 Å². The molecule has 0 radical (unpaired) electrons. The summed E-state index contributed by atoms with van der Waals surface area (Å²) in [4.78, 5) is 11.7. The summed E-state index contributed by atoms with van der Waals surface area (Å²) < 4.78 is 1.94. The Kier molecular flexibility index (Phi) is 6.68. The molecule has 0 aliphatic carbocycles. The second-order valence-electron chi connectivity index (χ2n) is 3.31. The number of benzene rings is 1. The number of carbonyl (C=O) groups is 1. The monoisotopic (exact) mass is 415 g/mol. The maximum Gasteiger partial charge on any atom is 0.251 e. The lowest BCUT2D eigenvalue weighted by atomic mass is 10.2. The lowest BCUT2D eigenvalue weighted by Crippen LogP contribution is -2.24. The first kappa shape index (κ1) is 14.3. The molecule has 5 heteroatoms. The quantitative estimate of drug-likeness (QED) is 0.438. The minimum Gasteiger partial charge on any atom is -0.352 e. The van der Waals surface area contributed by atoms with Crippen LogP contribution in [0.15, 0.2) is 22.7 Å². The topological polar surface area (TPSA) is 29.1 Å². The zero-order valence-electron chi connectivity index (χ0n) is 8.60. The highest BCUT2D eigenvalue weighted by Crippen LogP contribution is 2.19. The maximum atomic E-state index is 11.7. The van der Waals surface area contributed by atoms with Gasteiger partial charge in [0.25, 0.3) is 5.91 Å². The van der Waals surface area contributed by atoms with Crippen molar-refractivity contribution in [3.05, 3.63) is 33.3 Å². The molecule has 1 rings (SSSR count). The fraction of sp³-hybridized carbons (Fsp3) is 0.364. The Morgan fingerprint density at radius 3 is 2.75 bits per heavy atom. The van der Waals surface area contributed by atoms with E-state index in [0.29, 0.717) is 17.1 Å². The summed E-state index contributed by atoms with van der Waals surface area (Å²) in [6.45, 7) is 0.714. The van der Waals surface area contributed by atoms with Crippen molar-refractivity contribution in [2.45, 2.75) is 12.8 Å². The minimum atomic E-state index is -0.0725. The van der Waals surface area contributed by atoms with Gasteiger partial charge in [0, 0.05) is 21.6 Å². The summed E-state index contributed by atoms with van der Waals surface area (Å²) in [5, 5.41) is 3.43. The summed E-state index contributed by atoms with van der Waals surface area (Å²) in [6.07, 6.45) is 2.14. The van der Waals surface area contributed by atoms with Crippen LogP contribution in [-0.2, 0) is 0 Å². The van der Waals surface area contributed by atoms with Crippen molar-refractivity contribution in [2.24, 2.45) is 0 Å². The van der Waals surface area contributed by atoms with E-state index in [1.54, 1.807) is 18.2 Å². The summed E-state index contributed by atoms with van der Waals surface area (Å²) in [5.74, 6) is -0.0725. The molecule has 0 unspecified atom stereocenters. The van der Waals surface area contributed by atoms with Crippen LogP contribution >= 0.6 is 50.1 Å². The molecule has 0 bridgehead atoms. The van der Waals surface area contributed by atoms with E-state index in [4.69, 9.17) is 11.6 Å². The number of halogens is 3. The molecule has 0 saturated carbocycles. The first-order valence-electron chi connectivity index (χ1n) is 4.93. The van der Waals surface area contributed by atoms with Gasteiger partial charge in [-0.05, 0) is 35.5 Å². The van der Waals surface area contributed by atoms with E-state index in [2.05, 4.69) is 43.8 Å². The molecule has 16 heavy (non-hydrogen) atoms. The standard InChI is InChI=1S/C11H12BrClINO/c12-9-5-8(6-10(13)7-9)11(16)15-4-2-1-3-14/h5-7H,1-4H2,(H,15,16). The van der Waals surface area contributed by atoms with Crippen LogP contribution in [0.4, 0.5) is 0 Å². The maximum absolute atomic E-state index is 11.7. The number of amides is 1. The number of hydrogen-bond donors (Lipinski definition) is 1. The minimum absolute atomic E-state index is 0.0725. The number of nitrogens with one attached hydrogen (secondary N) is 1. The lowest BCUT2D eigenvalue weighted by Gasteiger charge is -2.05. The normalized spacial score (nSPS) is 10.2. The number of hydrogen-bond acceptors (Lipinski definition) is 1. The Bertz CT molecular complexity index is 353. The molecular formula is C11H12BrClINO. The molecule has 1 amide bonds. The molecule has 0 aliphatic heterocycles. The molecular weight excluding hydrogens is 404 g/mol. The van der Waals surface area contributed by atoms with Gasteiger partial charge in [-0.25, -0.2) is 0 Å². The van der Waals surface area contributed by atoms with Crippen LogP contribution < -0.4 is 5.32 Å². The lowest BCUT2D eigenvalue weighted by molar-refractivity contribution is 0.0953. The zero-order valence-corrected chi connectivity index (χ0v) is 13.1. The van der Waals surface area contributed by atoms with E-state index in [9.17, 15) is 4.79 Å². The molecule has 0 saturated heterocycles. The second kappa shape index (κ2) is 7.50. The number of carbonyl (C=O) groups excluding carboxylic acids is 1. The van der Waals surface area contributed by atoms with Gasteiger partial charge in [-0.3, -0.25) is 4.79 Å². The number of unbranched alkanes of at least 4 members (excludes halogenated alkanes) is 1. The Labute approximate surface area is 122 Å². The summed E-state index contributed by atoms with van der Waals surface area (Å²) >= 11 is 11.5. The molecule has 1 N–H and O–H groups in total. The summed E-state index contributed by atoms with van der Waals surface area (Å²) in [6, 6.07) is 5.19. The number of rotatable bonds is 5. The van der Waals surface area contributed by atoms with Gasteiger partial charge in [0.2, 0.25) is 0 Å². The van der Waals surface area contributed by atoms with Crippen LogP contribution in [-0.4, -0.2) is 16.9 Å². The van der Waals surface area contributed by atoms with E-state index in [-0.39, 0.29) is 5.91 Å². The molecule has 88 valence electrons. The fourth-order valence-electron chi connectivity index (χ4n) is 1.21. The van der Waals surface area contributed by atoms with Crippen molar-refractivity contribution in [3.8, 4) is 0 Å². The molecule has 2 nitrogen and oxygen atoms in total.